The smallest absolute Gasteiger partial charge is 0.325 e. The fourth-order valence-corrected chi connectivity index (χ4v) is 3.64. The fourth-order valence-electron chi connectivity index (χ4n) is 2.09. The second-order valence-corrected chi connectivity index (χ2v) is 7.66. The van der Waals surface area contributed by atoms with Gasteiger partial charge in [-0.3, -0.25) is 20.2 Å². The summed E-state index contributed by atoms with van der Waals surface area (Å²) in [7, 11) is 0. The van der Waals surface area contributed by atoms with Gasteiger partial charge in [-0.2, -0.15) is 0 Å². The number of aromatic nitrogens is 2. The Morgan fingerprint density at radius 1 is 0.966 bits per heavy atom. The van der Waals surface area contributed by atoms with Crippen LogP contribution in [-0.4, -0.2) is 32.8 Å². The second kappa shape index (κ2) is 9.61. The molecule has 0 spiro atoms. The van der Waals surface area contributed by atoms with E-state index in [4.69, 9.17) is 0 Å². The van der Waals surface area contributed by atoms with Gasteiger partial charge in [0.25, 0.3) is 5.69 Å². The van der Waals surface area contributed by atoms with Crippen LogP contribution < -0.4 is 16.0 Å². The minimum atomic E-state index is -0.511. The maximum atomic E-state index is 12.0. The molecular weight excluding hydrogens is 416 g/mol. The van der Waals surface area contributed by atoms with Crippen LogP contribution in [-0.2, 0) is 4.79 Å². The van der Waals surface area contributed by atoms with Crippen molar-refractivity contribution in [2.45, 2.75) is 4.34 Å². The maximum absolute atomic E-state index is 12.0. The van der Waals surface area contributed by atoms with Gasteiger partial charge in [-0.15, -0.1) is 10.2 Å². The topological polar surface area (TPSA) is 139 Å². The van der Waals surface area contributed by atoms with Crippen LogP contribution >= 0.6 is 23.1 Å². The number of hydrogen-bond acceptors (Lipinski definition) is 8. The van der Waals surface area contributed by atoms with Gasteiger partial charge in [0, 0.05) is 23.5 Å². The summed E-state index contributed by atoms with van der Waals surface area (Å²) >= 11 is 2.30. The zero-order chi connectivity index (χ0) is 20.6. The standard InChI is InChI=1S/C17H14N6O4S2/c24-14(18-12-6-8-13(9-7-12)23(26)27)10-28-17-22-21-16(29-17)20-15(25)19-11-4-2-1-3-5-11/h1-9H,10H2,(H,18,24)(H2,19,20,21,25). The van der Waals surface area contributed by atoms with Crippen molar-refractivity contribution in [1.82, 2.24) is 10.2 Å². The fraction of sp³-hybridized carbons (Fsp3) is 0.0588. The lowest BCUT2D eigenvalue weighted by Gasteiger charge is -2.04. The first kappa shape index (κ1) is 20.2. The van der Waals surface area contributed by atoms with Gasteiger partial charge in [-0.05, 0) is 24.3 Å². The number of thioether (sulfide) groups is 1. The Balaban J connectivity index is 1.45. The summed E-state index contributed by atoms with van der Waals surface area (Å²) in [6.45, 7) is 0. The van der Waals surface area contributed by atoms with Crippen LogP contribution in [0.2, 0.25) is 0 Å². The van der Waals surface area contributed by atoms with Gasteiger partial charge in [0.15, 0.2) is 4.34 Å². The zero-order valence-corrected chi connectivity index (χ0v) is 16.3. The van der Waals surface area contributed by atoms with Crippen molar-refractivity contribution in [2.75, 3.05) is 21.7 Å². The number of carbonyl (C=O) groups is 2. The average molecular weight is 430 g/mol. The number of para-hydroxylation sites is 1. The molecule has 0 bridgehead atoms. The van der Waals surface area contributed by atoms with Crippen molar-refractivity contribution in [3.63, 3.8) is 0 Å². The minimum Gasteiger partial charge on any atom is -0.325 e. The van der Waals surface area contributed by atoms with E-state index in [9.17, 15) is 19.7 Å². The summed E-state index contributed by atoms with van der Waals surface area (Å²) in [6, 6.07) is 14.0. The Morgan fingerprint density at radius 2 is 1.66 bits per heavy atom. The monoisotopic (exact) mass is 430 g/mol. The van der Waals surface area contributed by atoms with Crippen LogP contribution in [0.15, 0.2) is 58.9 Å². The number of benzene rings is 2. The Morgan fingerprint density at radius 3 is 2.34 bits per heavy atom. The summed E-state index contributed by atoms with van der Waals surface area (Å²) in [6.07, 6.45) is 0. The third kappa shape index (κ3) is 6.26. The summed E-state index contributed by atoms with van der Waals surface area (Å²) < 4.78 is 0.513. The first-order valence-corrected chi connectivity index (χ1v) is 9.93. The average Bonchev–Trinajstić information content (AvgIpc) is 3.14. The molecule has 0 radical (unpaired) electrons. The molecule has 10 nitrogen and oxygen atoms in total. The second-order valence-electron chi connectivity index (χ2n) is 5.46. The molecule has 2 aromatic carbocycles. The number of rotatable bonds is 7. The van der Waals surface area contributed by atoms with E-state index >= 15 is 0 Å². The number of nitrogens with zero attached hydrogens (tertiary/aromatic N) is 3. The molecule has 3 N–H and O–H groups in total. The minimum absolute atomic E-state index is 0.0532. The van der Waals surface area contributed by atoms with E-state index in [1.807, 2.05) is 6.07 Å². The van der Waals surface area contributed by atoms with Crippen LogP contribution in [0.5, 0.6) is 0 Å². The summed E-state index contributed by atoms with van der Waals surface area (Å²) in [5, 5.41) is 26.6. The third-order valence-electron chi connectivity index (χ3n) is 3.35. The predicted molar refractivity (Wildman–Crippen MR) is 111 cm³/mol. The summed E-state index contributed by atoms with van der Waals surface area (Å²) in [4.78, 5) is 34.0. The van der Waals surface area contributed by atoms with Gasteiger partial charge in [0.05, 0.1) is 10.7 Å². The highest BCUT2D eigenvalue weighted by atomic mass is 32.2. The van der Waals surface area contributed by atoms with Crippen molar-refractivity contribution < 1.29 is 14.5 Å². The molecule has 12 heteroatoms. The number of anilines is 3. The number of hydrogen-bond donors (Lipinski definition) is 3. The molecule has 0 aliphatic carbocycles. The number of nitro benzene ring substituents is 1. The predicted octanol–water partition coefficient (Wildman–Crippen LogP) is 3.82. The van der Waals surface area contributed by atoms with E-state index in [1.54, 1.807) is 24.3 Å². The Hall–Kier alpha value is -3.51. The molecule has 3 amide bonds. The van der Waals surface area contributed by atoms with Crippen molar-refractivity contribution in [1.29, 1.82) is 0 Å². The van der Waals surface area contributed by atoms with Crippen molar-refractivity contribution in [3.05, 3.63) is 64.7 Å². The number of non-ortho nitro benzene ring substituents is 1. The van der Waals surface area contributed by atoms with Gasteiger partial charge in [0.2, 0.25) is 11.0 Å². The number of carbonyl (C=O) groups excluding carboxylic acids is 2. The molecule has 0 saturated heterocycles. The quantitative estimate of drug-likeness (QED) is 0.224. The molecule has 0 fully saturated rings. The Bertz CT molecular complexity index is 1010. The van der Waals surface area contributed by atoms with Crippen LogP contribution in [0.3, 0.4) is 0 Å². The van der Waals surface area contributed by atoms with Gasteiger partial charge in [0.1, 0.15) is 0 Å². The lowest BCUT2D eigenvalue weighted by Crippen LogP contribution is -2.19. The first-order chi connectivity index (χ1) is 14.0. The lowest BCUT2D eigenvalue weighted by molar-refractivity contribution is -0.384. The Kier molecular flexibility index (Phi) is 6.71. The number of urea groups is 1. The Labute approximate surface area is 172 Å². The molecule has 0 saturated carbocycles. The van der Waals surface area contributed by atoms with Crippen molar-refractivity contribution in [3.8, 4) is 0 Å². The third-order valence-corrected chi connectivity index (χ3v) is 5.32. The molecule has 0 aliphatic heterocycles. The highest BCUT2D eigenvalue weighted by molar-refractivity contribution is 8.01. The number of nitrogens with one attached hydrogen (secondary N) is 3. The molecule has 1 aromatic heterocycles. The zero-order valence-electron chi connectivity index (χ0n) is 14.7. The molecular formula is C17H14N6O4S2. The van der Waals surface area contributed by atoms with Crippen molar-refractivity contribution in [2.24, 2.45) is 0 Å². The molecule has 3 rings (SSSR count). The summed E-state index contributed by atoms with van der Waals surface area (Å²) in [5.74, 6) is -0.225. The molecule has 0 aliphatic rings. The van der Waals surface area contributed by atoms with Gasteiger partial charge >= 0.3 is 6.03 Å². The largest absolute Gasteiger partial charge is 0.325 e. The van der Waals surface area contributed by atoms with Gasteiger partial charge in [-0.25, -0.2) is 4.79 Å². The van der Waals surface area contributed by atoms with Gasteiger partial charge < -0.3 is 10.6 Å². The number of nitro groups is 1. The van der Waals surface area contributed by atoms with Crippen LogP contribution in [0.4, 0.5) is 27.0 Å². The van der Waals surface area contributed by atoms with Crippen LogP contribution in [0.25, 0.3) is 0 Å². The van der Waals surface area contributed by atoms with E-state index in [-0.39, 0.29) is 17.3 Å². The molecule has 148 valence electrons. The van der Waals surface area contributed by atoms with Gasteiger partial charge in [-0.1, -0.05) is 41.3 Å². The molecule has 0 atom stereocenters. The highest BCUT2D eigenvalue weighted by Gasteiger charge is 2.11. The maximum Gasteiger partial charge on any atom is 0.325 e. The molecule has 0 unspecified atom stereocenters. The van der Waals surface area contributed by atoms with Crippen molar-refractivity contribution >= 4 is 57.2 Å². The molecule has 29 heavy (non-hydrogen) atoms. The molecule has 1 heterocycles. The van der Waals surface area contributed by atoms with E-state index in [1.165, 1.54) is 24.3 Å². The van der Waals surface area contributed by atoms with E-state index < -0.39 is 11.0 Å². The van der Waals surface area contributed by atoms with E-state index in [2.05, 4.69) is 26.1 Å². The number of amides is 3. The molecule has 3 aromatic rings. The lowest BCUT2D eigenvalue weighted by atomic mass is 10.3. The SMILES string of the molecule is O=C(CSc1nnc(NC(=O)Nc2ccccc2)s1)Nc1ccc([N+](=O)[O-])cc1. The summed E-state index contributed by atoms with van der Waals surface area (Å²) in [5.41, 5.74) is 1.05. The highest BCUT2D eigenvalue weighted by Crippen LogP contribution is 2.26. The van der Waals surface area contributed by atoms with E-state index in [0.29, 0.717) is 20.8 Å². The first-order valence-electron chi connectivity index (χ1n) is 8.13. The van der Waals surface area contributed by atoms with Crippen LogP contribution in [0.1, 0.15) is 0 Å². The normalized spacial score (nSPS) is 10.2. The van der Waals surface area contributed by atoms with Crippen LogP contribution in [0, 0.1) is 10.1 Å². The van der Waals surface area contributed by atoms with E-state index in [0.717, 1.165) is 23.1 Å².